The number of thioether (sulfide) groups is 1. The first-order chi connectivity index (χ1) is 18.6. The Labute approximate surface area is 237 Å². The molecule has 1 aromatic heterocycles. The number of nitrogens with one attached hydrogen (secondary N) is 2. The van der Waals surface area contributed by atoms with Crippen molar-refractivity contribution in [1.29, 1.82) is 5.26 Å². The molecule has 1 aliphatic carbocycles. The van der Waals surface area contributed by atoms with Crippen molar-refractivity contribution < 1.29 is 19.1 Å². The molecule has 2 amide bonds. The molecule has 3 aromatic rings. The molecule has 7 nitrogen and oxygen atoms in total. The van der Waals surface area contributed by atoms with Gasteiger partial charge in [0.1, 0.15) is 28.1 Å². The van der Waals surface area contributed by atoms with E-state index in [4.69, 9.17) is 9.47 Å². The van der Waals surface area contributed by atoms with E-state index in [1.54, 1.807) is 24.3 Å². The van der Waals surface area contributed by atoms with Crippen LogP contribution >= 0.6 is 23.1 Å². The van der Waals surface area contributed by atoms with E-state index in [9.17, 15) is 14.9 Å². The van der Waals surface area contributed by atoms with Gasteiger partial charge in [-0.25, -0.2) is 0 Å². The van der Waals surface area contributed by atoms with E-state index in [1.165, 1.54) is 42.2 Å². The molecule has 0 radical (unpaired) electrons. The zero-order valence-electron chi connectivity index (χ0n) is 22.8. The zero-order chi connectivity index (χ0) is 28.2. The molecule has 2 N–H and O–H groups in total. The van der Waals surface area contributed by atoms with E-state index < -0.39 is 0 Å². The molecule has 1 heterocycles. The van der Waals surface area contributed by atoms with Gasteiger partial charge < -0.3 is 20.1 Å². The number of hydrogen-bond donors (Lipinski definition) is 2. The summed E-state index contributed by atoms with van der Waals surface area (Å²) in [6.45, 7) is 6.78. The normalized spacial score (nSPS) is 14.6. The molecule has 204 valence electrons. The molecule has 0 aliphatic heterocycles. The molecule has 4 rings (SSSR count). The predicted octanol–water partition coefficient (Wildman–Crippen LogP) is 6.77. The highest BCUT2D eigenvalue weighted by Crippen LogP contribution is 2.44. The summed E-state index contributed by atoms with van der Waals surface area (Å²) in [7, 11) is 3.00. The van der Waals surface area contributed by atoms with Crippen LogP contribution in [0.4, 0.5) is 10.7 Å². The van der Waals surface area contributed by atoms with Gasteiger partial charge >= 0.3 is 0 Å². The van der Waals surface area contributed by atoms with Gasteiger partial charge in [-0.2, -0.15) is 5.26 Å². The van der Waals surface area contributed by atoms with Gasteiger partial charge in [0.2, 0.25) is 5.91 Å². The minimum absolute atomic E-state index is 0.171. The lowest BCUT2D eigenvalue weighted by atomic mass is 9.72. The Balaban J connectivity index is 1.40. The molecule has 39 heavy (non-hydrogen) atoms. The zero-order valence-corrected chi connectivity index (χ0v) is 24.5. The molecular formula is C30H33N3O4S2. The number of carbonyl (C=O) groups is 2. The number of fused-ring (bicyclic) bond motifs is 1. The van der Waals surface area contributed by atoms with Gasteiger partial charge in [-0.3, -0.25) is 9.59 Å². The first-order valence-corrected chi connectivity index (χ1v) is 14.5. The van der Waals surface area contributed by atoms with Crippen LogP contribution in [0, 0.1) is 22.7 Å². The molecule has 9 heteroatoms. The van der Waals surface area contributed by atoms with E-state index >= 15 is 0 Å². The quantitative estimate of drug-likeness (QED) is 0.293. The van der Waals surface area contributed by atoms with Crippen LogP contribution in [0.25, 0.3) is 0 Å². The van der Waals surface area contributed by atoms with Gasteiger partial charge in [0.15, 0.2) is 0 Å². The Morgan fingerprint density at radius 2 is 1.79 bits per heavy atom. The van der Waals surface area contributed by atoms with E-state index in [0.717, 1.165) is 29.7 Å². The van der Waals surface area contributed by atoms with E-state index in [1.807, 2.05) is 18.2 Å². The first kappa shape index (κ1) is 28.5. The van der Waals surface area contributed by atoms with Crippen LogP contribution in [0.1, 0.15) is 53.6 Å². The molecule has 0 fully saturated rings. The fraction of sp³-hybridized carbons (Fsp3) is 0.367. The summed E-state index contributed by atoms with van der Waals surface area (Å²) in [4.78, 5) is 27.9. The molecule has 1 unspecified atom stereocenters. The summed E-state index contributed by atoms with van der Waals surface area (Å²) in [6, 6.07) is 14.8. The molecule has 1 aliphatic rings. The minimum atomic E-state index is -0.358. The number of rotatable bonds is 8. The monoisotopic (exact) mass is 563 g/mol. The Morgan fingerprint density at radius 3 is 2.44 bits per heavy atom. The summed E-state index contributed by atoms with van der Waals surface area (Å²) < 4.78 is 10.7. The van der Waals surface area contributed by atoms with Gasteiger partial charge in [-0.15, -0.1) is 23.1 Å². The highest BCUT2D eigenvalue weighted by molar-refractivity contribution is 8.00. The van der Waals surface area contributed by atoms with Crippen LogP contribution in [0.3, 0.4) is 0 Å². The molecule has 1 atom stereocenters. The van der Waals surface area contributed by atoms with Crippen molar-refractivity contribution >= 4 is 45.6 Å². The van der Waals surface area contributed by atoms with Gasteiger partial charge in [0.05, 0.1) is 25.5 Å². The lowest BCUT2D eigenvalue weighted by Crippen LogP contribution is -2.26. The second-order valence-corrected chi connectivity index (χ2v) is 12.6. The third kappa shape index (κ3) is 6.57. The standard InChI is InChI=1S/C30H33N3O4S2/c1-30(2,3)18-12-13-21-22(16-31)29(39-25(21)14-18)33-26(34)17-38-20-9-6-8-19(15-20)32-28(35)27-23(36-4)10-7-11-24(27)37-5/h6-11,15,18H,12-14,17H2,1-5H3,(H,32,35)(H,33,34). The number of hydrogen-bond acceptors (Lipinski definition) is 7. The maximum Gasteiger partial charge on any atom is 0.263 e. The van der Waals surface area contributed by atoms with Crippen molar-refractivity contribution in [3.8, 4) is 17.6 Å². The van der Waals surface area contributed by atoms with Crippen molar-refractivity contribution in [1.82, 2.24) is 0 Å². The molecule has 2 aromatic carbocycles. The SMILES string of the molecule is COc1cccc(OC)c1C(=O)Nc1cccc(SCC(=O)Nc2sc3c(c2C#N)CCC(C(C)(C)C)C3)c1. The maximum absolute atomic E-state index is 13.0. The number of ether oxygens (including phenoxy) is 2. The van der Waals surface area contributed by atoms with Crippen LogP contribution in [-0.4, -0.2) is 31.8 Å². The topological polar surface area (TPSA) is 100 Å². The third-order valence-electron chi connectivity index (χ3n) is 6.97. The number of thiophene rings is 1. The lowest BCUT2D eigenvalue weighted by Gasteiger charge is -2.33. The van der Waals surface area contributed by atoms with Gasteiger partial charge in [-0.05, 0) is 66.5 Å². The minimum Gasteiger partial charge on any atom is -0.496 e. The van der Waals surface area contributed by atoms with E-state index in [0.29, 0.717) is 39.2 Å². The van der Waals surface area contributed by atoms with Crippen molar-refractivity contribution in [2.45, 2.75) is 44.9 Å². The van der Waals surface area contributed by atoms with Gasteiger partial charge in [0, 0.05) is 15.5 Å². The fourth-order valence-electron chi connectivity index (χ4n) is 4.78. The van der Waals surface area contributed by atoms with Crippen molar-refractivity contribution in [3.63, 3.8) is 0 Å². The van der Waals surface area contributed by atoms with E-state index in [2.05, 4.69) is 37.5 Å². The number of nitriles is 1. The van der Waals surface area contributed by atoms with Crippen molar-refractivity contribution in [3.05, 3.63) is 64.0 Å². The number of benzene rings is 2. The van der Waals surface area contributed by atoms with Crippen LogP contribution < -0.4 is 20.1 Å². The molecule has 0 bridgehead atoms. The third-order valence-corrected chi connectivity index (χ3v) is 9.14. The predicted molar refractivity (Wildman–Crippen MR) is 157 cm³/mol. The molecular weight excluding hydrogens is 530 g/mol. The molecule has 0 saturated heterocycles. The summed E-state index contributed by atoms with van der Waals surface area (Å²) in [6.07, 6.45) is 2.88. The number of methoxy groups -OCH3 is 2. The smallest absolute Gasteiger partial charge is 0.263 e. The number of nitrogens with zero attached hydrogens (tertiary/aromatic N) is 1. The molecule has 0 saturated carbocycles. The Morgan fingerprint density at radius 1 is 1.10 bits per heavy atom. The van der Waals surface area contributed by atoms with Gasteiger partial charge in [-0.1, -0.05) is 32.9 Å². The second-order valence-electron chi connectivity index (χ2n) is 10.5. The number of anilines is 2. The van der Waals surface area contributed by atoms with Crippen LogP contribution in [0.5, 0.6) is 11.5 Å². The Bertz CT molecular complexity index is 1400. The lowest BCUT2D eigenvalue weighted by molar-refractivity contribution is -0.113. The average molecular weight is 564 g/mol. The Kier molecular flexibility index (Phi) is 8.88. The average Bonchev–Trinajstić information content (AvgIpc) is 3.27. The Hall–Kier alpha value is -3.48. The van der Waals surface area contributed by atoms with E-state index in [-0.39, 0.29) is 23.0 Å². The summed E-state index contributed by atoms with van der Waals surface area (Å²) in [5.41, 5.74) is 2.81. The summed E-state index contributed by atoms with van der Waals surface area (Å²) in [5.74, 6) is 1.03. The van der Waals surface area contributed by atoms with Crippen molar-refractivity contribution in [2.24, 2.45) is 11.3 Å². The van der Waals surface area contributed by atoms with Crippen LogP contribution in [0.2, 0.25) is 0 Å². The van der Waals surface area contributed by atoms with Crippen LogP contribution in [-0.2, 0) is 17.6 Å². The number of carbonyl (C=O) groups excluding carboxylic acids is 2. The van der Waals surface area contributed by atoms with Crippen LogP contribution in [0.15, 0.2) is 47.4 Å². The molecule has 0 spiro atoms. The first-order valence-electron chi connectivity index (χ1n) is 12.7. The fourth-order valence-corrected chi connectivity index (χ4v) is 6.82. The number of amides is 2. The largest absolute Gasteiger partial charge is 0.496 e. The van der Waals surface area contributed by atoms with Gasteiger partial charge in [0.25, 0.3) is 5.91 Å². The summed E-state index contributed by atoms with van der Waals surface area (Å²) >= 11 is 2.90. The van der Waals surface area contributed by atoms with Crippen molar-refractivity contribution in [2.75, 3.05) is 30.6 Å². The summed E-state index contributed by atoms with van der Waals surface area (Å²) in [5, 5.41) is 16.3. The maximum atomic E-state index is 13.0. The highest BCUT2D eigenvalue weighted by Gasteiger charge is 2.32. The highest BCUT2D eigenvalue weighted by atomic mass is 32.2. The second kappa shape index (κ2) is 12.1.